The molecule has 0 aromatic rings. The summed E-state index contributed by atoms with van der Waals surface area (Å²) in [4.78, 5) is 0. The molecule has 3 unspecified atom stereocenters. The highest BCUT2D eigenvalue weighted by molar-refractivity contribution is 5.16. The average Bonchev–Trinajstić information content (AvgIpc) is 2.77. The largest absolute Gasteiger partial charge is 0.324 e. The Morgan fingerprint density at radius 3 is 2.00 bits per heavy atom. The van der Waals surface area contributed by atoms with E-state index in [1.807, 2.05) is 0 Å². The summed E-state index contributed by atoms with van der Waals surface area (Å²) in [6, 6.07) is 0. The van der Waals surface area contributed by atoms with Gasteiger partial charge in [0.1, 0.15) is 0 Å². The molecular formula is C13H25N. The van der Waals surface area contributed by atoms with Crippen LogP contribution in [0.4, 0.5) is 0 Å². The van der Waals surface area contributed by atoms with Crippen LogP contribution in [0.25, 0.3) is 0 Å². The molecule has 2 rings (SSSR count). The van der Waals surface area contributed by atoms with Gasteiger partial charge in [-0.25, -0.2) is 0 Å². The van der Waals surface area contributed by atoms with E-state index >= 15 is 0 Å². The molecule has 3 atom stereocenters. The zero-order chi connectivity index (χ0) is 10.4. The van der Waals surface area contributed by atoms with E-state index in [0.29, 0.717) is 5.41 Å². The molecule has 0 aromatic heterocycles. The molecule has 1 nitrogen and oxygen atoms in total. The van der Waals surface area contributed by atoms with Crippen molar-refractivity contribution in [3.63, 3.8) is 0 Å². The van der Waals surface area contributed by atoms with Crippen LogP contribution in [0.3, 0.4) is 0 Å². The van der Waals surface area contributed by atoms with Crippen molar-refractivity contribution in [2.45, 2.75) is 64.8 Å². The Kier molecular flexibility index (Phi) is 2.42. The van der Waals surface area contributed by atoms with Crippen molar-refractivity contribution in [1.82, 2.24) is 0 Å². The first-order valence-corrected chi connectivity index (χ1v) is 6.43. The monoisotopic (exact) mass is 195 g/mol. The van der Waals surface area contributed by atoms with Crippen LogP contribution < -0.4 is 5.73 Å². The minimum atomic E-state index is 0.166. The van der Waals surface area contributed by atoms with E-state index in [2.05, 4.69) is 20.8 Å². The minimum Gasteiger partial charge on any atom is -0.324 e. The van der Waals surface area contributed by atoms with Gasteiger partial charge in [0.25, 0.3) is 0 Å². The van der Waals surface area contributed by atoms with Crippen molar-refractivity contribution in [3.05, 3.63) is 0 Å². The lowest BCUT2D eigenvalue weighted by atomic mass is 9.58. The maximum Gasteiger partial charge on any atom is 0.0239 e. The first-order valence-electron chi connectivity index (χ1n) is 6.43. The smallest absolute Gasteiger partial charge is 0.0239 e. The predicted octanol–water partition coefficient (Wildman–Crippen LogP) is 3.33. The second-order valence-electron chi connectivity index (χ2n) is 5.46. The zero-order valence-electron chi connectivity index (χ0n) is 9.97. The lowest BCUT2D eigenvalue weighted by Crippen LogP contribution is -2.58. The van der Waals surface area contributed by atoms with Crippen molar-refractivity contribution < 1.29 is 0 Å². The van der Waals surface area contributed by atoms with E-state index < -0.39 is 0 Å². The second kappa shape index (κ2) is 3.23. The summed E-state index contributed by atoms with van der Waals surface area (Å²) >= 11 is 0. The number of rotatable bonds is 3. The summed E-state index contributed by atoms with van der Waals surface area (Å²) in [6.45, 7) is 6.99. The molecule has 0 aromatic carbocycles. The van der Waals surface area contributed by atoms with Crippen LogP contribution in [-0.4, -0.2) is 5.54 Å². The fourth-order valence-electron chi connectivity index (χ4n) is 4.86. The average molecular weight is 195 g/mol. The van der Waals surface area contributed by atoms with Gasteiger partial charge in [0.15, 0.2) is 0 Å². The Bertz CT molecular complexity index is 219. The topological polar surface area (TPSA) is 26.0 Å². The molecule has 2 N–H and O–H groups in total. The second-order valence-corrected chi connectivity index (χ2v) is 5.46. The van der Waals surface area contributed by atoms with Gasteiger partial charge in [-0.15, -0.1) is 0 Å². The third-order valence-corrected chi connectivity index (χ3v) is 5.72. The number of fused-ring (bicyclic) bond motifs is 2. The Balaban J connectivity index is 2.38. The van der Waals surface area contributed by atoms with E-state index in [1.54, 1.807) is 0 Å². The van der Waals surface area contributed by atoms with Gasteiger partial charge in [-0.3, -0.25) is 0 Å². The van der Waals surface area contributed by atoms with Gasteiger partial charge in [-0.2, -0.15) is 0 Å². The maximum atomic E-state index is 6.74. The minimum absolute atomic E-state index is 0.166. The van der Waals surface area contributed by atoms with Gasteiger partial charge >= 0.3 is 0 Å². The fraction of sp³-hybridized carbons (Fsp3) is 1.00. The van der Waals surface area contributed by atoms with Crippen LogP contribution in [0.15, 0.2) is 0 Å². The molecule has 2 bridgehead atoms. The van der Waals surface area contributed by atoms with Gasteiger partial charge in [0, 0.05) is 5.54 Å². The van der Waals surface area contributed by atoms with Crippen molar-refractivity contribution >= 4 is 0 Å². The van der Waals surface area contributed by atoms with Gasteiger partial charge in [0.05, 0.1) is 0 Å². The lowest BCUT2D eigenvalue weighted by molar-refractivity contribution is 0.0353. The normalized spacial score (nSPS) is 44.6. The van der Waals surface area contributed by atoms with E-state index in [1.165, 1.54) is 38.5 Å². The molecule has 2 saturated carbocycles. The molecule has 0 aliphatic heterocycles. The van der Waals surface area contributed by atoms with Crippen molar-refractivity contribution in [2.24, 2.45) is 23.0 Å². The van der Waals surface area contributed by atoms with Crippen molar-refractivity contribution in [1.29, 1.82) is 0 Å². The van der Waals surface area contributed by atoms with E-state index in [9.17, 15) is 0 Å². The Labute approximate surface area is 88.4 Å². The molecule has 2 aliphatic rings. The summed E-state index contributed by atoms with van der Waals surface area (Å²) in [6.07, 6.45) is 8.02. The lowest BCUT2D eigenvalue weighted by Gasteiger charge is -2.51. The van der Waals surface area contributed by atoms with Crippen LogP contribution in [0.1, 0.15) is 59.3 Å². The highest BCUT2D eigenvalue weighted by Crippen LogP contribution is 2.64. The van der Waals surface area contributed by atoms with Crippen LogP contribution in [0.2, 0.25) is 0 Å². The first-order chi connectivity index (χ1) is 6.64. The van der Waals surface area contributed by atoms with Crippen LogP contribution in [-0.2, 0) is 0 Å². The summed E-state index contributed by atoms with van der Waals surface area (Å²) in [5.41, 5.74) is 7.39. The first kappa shape index (κ1) is 10.5. The number of hydrogen-bond donors (Lipinski definition) is 1. The van der Waals surface area contributed by atoms with Gasteiger partial charge in [-0.05, 0) is 55.8 Å². The Morgan fingerprint density at radius 1 is 1.00 bits per heavy atom. The summed E-state index contributed by atoms with van der Waals surface area (Å²) in [5.74, 6) is 1.77. The quantitative estimate of drug-likeness (QED) is 0.734. The molecule has 0 heterocycles. The molecule has 14 heavy (non-hydrogen) atoms. The van der Waals surface area contributed by atoms with E-state index in [-0.39, 0.29) is 5.54 Å². The summed E-state index contributed by atoms with van der Waals surface area (Å²) < 4.78 is 0. The predicted molar refractivity (Wildman–Crippen MR) is 61.1 cm³/mol. The standard InChI is InChI=1S/C13H25N/c1-4-12(5-2)10-7-8-11(9-10)13(12,14)6-3/h10-11H,4-9,14H2,1-3H3. The van der Waals surface area contributed by atoms with Crippen LogP contribution >= 0.6 is 0 Å². The molecule has 0 saturated heterocycles. The van der Waals surface area contributed by atoms with E-state index in [0.717, 1.165) is 11.8 Å². The zero-order valence-corrected chi connectivity index (χ0v) is 9.97. The van der Waals surface area contributed by atoms with Gasteiger partial charge in [0.2, 0.25) is 0 Å². The Hall–Kier alpha value is -0.0400. The molecule has 0 amide bonds. The fourth-order valence-corrected chi connectivity index (χ4v) is 4.86. The maximum absolute atomic E-state index is 6.74. The van der Waals surface area contributed by atoms with Crippen LogP contribution in [0, 0.1) is 17.3 Å². The van der Waals surface area contributed by atoms with Crippen molar-refractivity contribution in [2.75, 3.05) is 0 Å². The third kappa shape index (κ3) is 0.946. The Morgan fingerprint density at radius 2 is 1.57 bits per heavy atom. The molecule has 82 valence electrons. The van der Waals surface area contributed by atoms with Crippen molar-refractivity contribution in [3.8, 4) is 0 Å². The highest BCUT2D eigenvalue weighted by Gasteiger charge is 2.62. The molecule has 1 heteroatoms. The number of nitrogens with two attached hydrogens (primary N) is 1. The van der Waals surface area contributed by atoms with Gasteiger partial charge in [-0.1, -0.05) is 20.8 Å². The third-order valence-electron chi connectivity index (χ3n) is 5.72. The van der Waals surface area contributed by atoms with Crippen LogP contribution in [0.5, 0.6) is 0 Å². The molecular weight excluding hydrogens is 170 g/mol. The van der Waals surface area contributed by atoms with Gasteiger partial charge < -0.3 is 5.73 Å². The molecule has 2 aliphatic carbocycles. The number of hydrogen-bond acceptors (Lipinski definition) is 1. The van der Waals surface area contributed by atoms with E-state index in [4.69, 9.17) is 5.73 Å². The summed E-state index contributed by atoms with van der Waals surface area (Å²) in [7, 11) is 0. The molecule has 0 spiro atoms. The summed E-state index contributed by atoms with van der Waals surface area (Å²) in [5, 5.41) is 0. The molecule has 2 fully saturated rings. The highest BCUT2D eigenvalue weighted by atomic mass is 14.9. The molecule has 0 radical (unpaired) electrons. The SMILES string of the molecule is CCC1(N)C2CCC(C2)C1(CC)CC.